The lowest BCUT2D eigenvalue weighted by atomic mass is 10.2. The topological polar surface area (TPSA) is 56.6 Å². The van der Waals surface area contributed by atoms with Gasteiger partial charge in [-0.3, -0.25) is 0 Å². The van der Waals surface area contributed by atoms with Crippen LogP contribution in [0.15, 0.2) is 12.3 Å². The van der Waals surface area contributed by atoms with Crippen LogP contribution in [-0.4, -0.2) is 46.6 Å². The predicted octanol–water partition coefficient (Wildman–Crippen LogP) is 1.67. The van der Waals surface area contributed by atoms with Crippen molar-refractivity contribution in [1.82, 2.24) is 14.7 Å². The van der Waals surface area contributed by atoms with E-state index in [1.54, 1.807) is 31.0 Å². The van der Waals surface area contributed by atoms with Crippen molar-refractivity contribution in [3.63, 3.8) is 0 Å². The van der Waals surface area contributed by atoms with Crippen molar-refractivity contribution in [2.24, 2.45) is 7.05 Å². The summed E-state index contributed by atoms with van der Waals surface area (Å²) in [7, 11) is 3.48. The molecule has 1 aromatic heterocycles. The van der Waals surface area contributed by atoms with Crippen molar-refractivity contribution in [3.05, 3.63) is 12.3 Å². The molecule has 0 aliphatic rings. The Hall–Kier alpha value is -1.72. The summed E-state index contributed by atoms with van der Waals surface area (Å²) in [5, 5.41) is 3.98. The molecule has 0 saturated carbocycles. The van der Waals surface area contributed by atoms with Crippen molar-refractivity contribution in [2.75, 3.05) is 20.2 Å². The van der Waals surface area contributed by atoms with Crippen LogP contribution in [0.1, 0.15) is 20.8 Å². The summed E-state index contributed by atoms with van der Waals surface area (Å²) < 4.78 is 12.3. The first-order valence-electron chi connectivity index (χ1n) is 5.84. The van der Waals surface area contributed by atoms with Crippen molar-refractivity contribution >= 4 is 6.09 Å². The van der Waals surface area contributed by atoms with Crippen molar-refractivity contribution in [3.8, 4) is 5.88 Å². The van der Waals surface area contributed by atoms with E-state index in [1.165, 1.54) is 4.90 Å². The monoisotopic (exact) mass is 255 g/mol. The van der Waals surface area contributed by atoms with Gasteiger partial charge < -0.3 is 14.4 Å². The van der Waals surface area contributed by atoms with E-state index >= 15 is 0 Å². The average molecular weight is 255 g/mol. The molecular formula is C12H21N3O3. The lowest BCUT2D eigenvalue weighted by Gasteiger charge is -2.24. The molecule has 18 heavy (non-hydrogen) atoms. The number of nitrogens with zero attached hydrogens (tertiary/aromatic N) is 3. The molecule has 102 valence electrons. The van der Waals surface area contributed by atoms with E-state index < -0.39 is 5.60 Å². The minimum absolute atomic E-state index is 0.351. The fourth-order valence-corrected chi connectivity index (χ4v) is 1.22. The first-order valence-corrected chi connectivity index (χ1v) is 5.84. The molecule has 0 spiro atoms. The van der Waals surface area contributed by atoms with Crippen LogP contribution in [0.4, 0.5) is 4.79 Å². The molecule has 0 unspecified atom stereocenters. The van der Waals surface area contributed by atoms with Gasteiger partial charge >= 0.3 is 6.09 Å². The molecule has 1 amide bonds. The van der Waals surface area contributed by atoms with Gasteiger partial charge in [0.25, 0.3) is 0 Å². The summed E-state index contributed by atoms with van der Waals surface area (Å²) in [5.74, 6) is 0.674. The Bertz CT molecular complexity index is 396. The smallest absolute Gasteiger partial charge is 0.410 e. The highest BCUT2D eigenvalue weighted by molar-refractivity contribution is 5.67. The van der Waals surface area contributed by atoms with E-state index in [9.17, 15) is 4.79 Å². The maximum absolute atomic E-state index is 11.6. The predicted molar refractivity (Wildman–Crippen MR) is 67.6 cm³/mol. The molecule has 0 aromatic carbocycles. The maximum Gasteiger partial charge on any atom is 0.410 e. The van der Waals surface area contributed by atoms with Gasteiger partial charge in [-0.05, 0) is 20.8 Å². The zero-order valence-corrected chi connectivity index (χ0v) is 11.6. The zero-order valence-electron chi connectivity index (χ0n) is 11.6. The zero-order chi connectivity index (χ0) is 13.8. The first kappa shape index (κ1) is 14.3. The maximum atomic E-state index is 11.6. The van der Waals surface area contributed by atoms with Crippen molar-refractivity contribution in [1.29, 1.82) is 0 Å². The third kappa shape index (κ3) is 4.65. The third-order valence-corrected chi connectivity index (χ3v) is 2.16. The highest BCUT2D eigenvalue weighted by atomic mass is 16.6. The normalized spacial score (nSPS) is 11.2. The highest BCUT2D eigenvalue weighted by Gasteiger charge is 2.19. The van der Waals surface area contributed by atoms with Gasteiger partial charge in [-0.1, -0.05) is 0 Å². The number of aromatic nitrogens is 2. The lowest BCUT2D eigenvalue weighted by molar-refractivity contribution is 0.0276. The molecule has 0 bridgehead atoms. The van der Waals surface area contributed by atoms with Crippen LogP contribution >= 0.6 is 0 Å². The number of aryl methyl sites for hydroxylation is 1. The number of carbonyl (C=O) groups is 1. The number of hydrogen-bond donors (Lipinski definition) is 0. The number of carbonyl (C=O) groups excluding carboxylic acids is 1. The molecule has 1 heterocycles. The van der Waals surface area contributed by atoms with Gasteiger partial charge in [0, 0.05) is 20.2 Å². The Kier molecular flexibility index (Phi) is 4.58. The summed E-state index contributed by atoms with van der Waals surface area (Å²) in [6, 6.07) is 1.77. The fraction of sp³-hybridized carbons (Fsp3) is 0.667. The van der Waals surface area contributed by atoms with Gasteiger partial charge in [0.15, 0.2) is 0 Å². The Labute approximate surface area is 107 Å². The van der Waals surface area contributed by atoms with E-state index in [0.29, 0.717) is 19.0 Å². The van der Waals surface area contributed by atoms with Gasteiger partial charge in [0.05, 0.1) is 12.7 Å². The Morgan fingerprint density at radius 3 is 2.67 bits per heavy atom. The standard InChI is InChI=1S/C12H21N3O3/c1-12(2,3)18-11(16)14(4)8-9-17-10-6-7-13-15(10)5/h6-7H,8-9H2,1-5H3. The molecule has 0 saturated heterocycles. The molecule has 6 nitrogen and oxygen atoms in total. The van der Waals surface area contributed by atoms with E-state index in [4.69, 9.17) is 9.47 Å². The van der Waals surface area contributed by atoms with Crippen LogP contribution in [0.3, 0.4) is 0 Å². The molecule has 0 aliphatic heterocycles. The molecule has 0 atom stereocenters. The summed E-state index contributed by atoms with van der Waals surface area (Å²) in [6.07, 6.45) is 1.31. The second-order valence-electron chi connectivity index (χ2n) is 5.04. The van der Waals surface area contributed by atoms with Crippen LogP contribution in [0.25, 0.3) is 0 Å². The second-order valence-corrected chi connectivity index (χ2v) is 5.04. The Balaban J connectivity index is 2.31. The van der Waals surface area contributed by atoms with Gasteiger partial charge in [0.2, 0.25) is 5.88 Å². The quantitative estimate of drug-likeness (QED) is 0.821. The third-order valence-electron chi connectivity index (χ3n) is 2.16. The van der Waals surface area contributed by atoms with Crippen molar-refractivity contribution in [2.45, 2.75) is 26.4 Å². The average Bonchev–Trinajstić information content (AvgIpc) is 2.62. The molecule has 0 aliphatic carbocycles. The van der Waals surface area contributed by atoms with E-state index in [0.717, 1.165) is 0 Å². The number of rotatable bonds is 4. The first-order chi connectivity index (χ1) is 8.29. The molecule has 1 rings (SSSR count). The van der Waals surface area contributed by atoms with E-state index in [-0.39, 0.29) is 6.09 Å². The molecule has 0 fully saturated rings. The van der Waals surface area contributed by atoms with Gasteiger partial charge in [-0.15, -0.1) is 0 Å². The summed E-state index contributed by atoms with van der Waals surface area (Å²) in [5.41, 5.74) is -0.478. The SMILES string of the molecule is CN(CCOc1ccnn1C)C(=O)OC(C)(C)C. The van der Waals surface area contributed by atoms with Gasteiger partial charge in [-0.2, -0.15) is 5.10 Å². The summed E-state index contributed by atoms with van der Waals surface area (Å²) >= 11 is 0. The second kappa shape index (κ2) is 5.75. The van der Waals surface area contributed by atoms with Crippen LogP contribution in [-0.2, 0) is 11.8 Å². The van der Waals surface area contributed by atoms with Crippen molar-refractivity contribution < 1.29 is 14.3 Å². The molecule has 1 aromatic rings. The fourth-order valence-electron chi connectivity index (χ4n) is 1.22. The summed E-state index contributed by atoms with van der Waals surface area (Å²) in [6.45, 7) is 6.37. The van der Waals surface area contributed by atoms with Crippen LogP contribution in [0.2, 0.25) is 0 Å². The Morgan fingerprint density at radius 2 is 2.17 bits per heavy atom. The molecule has 6 heteroatoms. The highest BCUT2D eigenvalue weighted by Crippen LogP contribution is 2.09. The number of hydrogen-bond acceptors (Lipinski definition) is 4. The number of amides is 1. The number of likely N-dealkylation sites (N-methyl/N-ethyl adjacent to an activating group) is 1. The minimum Gasteiger partial charge on any atom is -0.476 e. The van der Waals surface area contributed by atoms with Gasteiger partial charge in [0.1, 0.15) is 12.2 Å². The van der Waals surface area contributed by atoms with Gasteiger partial charge in [-0.25, -0.2) is 9.48 Å². The van der Waals surface area contributed by atoms with Crippen LogP contribution in [0.5, 0.6) is 5.88 Å². The minimum atomic E-state index is -0.478. The number of ether oxygens (including phenoxy) is 2. The summed E-state index contributed by atoms with van der Waals surface area (Å²) in [4.78, 5) is 13.1. The molecular weight excluding hydrogens is 234 g/mol. The molecule has 0 N–H and O–H groups in total. The van der Waals surface area contributed by atoms with Crippen LogP contribution < -0.4 is 4.74 Å². The van der Waals surface area contributed by atoms with E-state index in [2.05, 4.69) is 5.10 Å². The van der Waals surface area contributed by atoms with E-state index in [1.807, 2.05) is 20.8 Å². The Morgan fingerprint density at radius 1 is 1.50 bits per heavy atom. The largest absolute Gasteiger partial charge is 0.476 e. The molecule has 0 radical (unpaired) electrons. The van der Waals surface area contributed by atoms with Crippen LogP contribution in [0, 0.1) is 0 Å². The lowest BCUT2D eigenvalue weighted by Crippen LogP contribution is -2.36.